The van der Waals surface area contributed by atoms with Crippen LogP contribution in [0.5, 0.6) is 0 Å². The number of aryl methyl sites for hydroxylation is 2. The molecule has 25 heavy (non-hydrogen) atoms. The molecule has 2 nitrogen and oxygen atoms in total. The number of pyridine rings is 1. The number of hydrogen-bond donors (Lipinski definition) is 1. The molecule has 0 saturated carbocycles. The highest BCUT2D eigenvalue weighted by Crippen LogP contribution is 2.10. The second kappa shape index (κ2) is 16.6. The van der Waals surface area contributed by atoms with Gasteiger partial charge in [-0.3, -0.25) is 0 Å². The average molecular weight is 349 g/mol. The summed E-state index contributed by atoms with van der Waals surface area (Å²) in [4.78, 5) is 0. The Morgan fingerprint density at radius 2 is 1.32 bits per heavy atom. The van der Waals surface area contributed by atoms with E-state index in [9.17, 15) is 0 Å². The molecule has 0 saturated heterocycles. The molecule has 0 unspecified atom stereocenters. The maximum atomic E-state index is 8.77. The molecular formula is C23H42NO+. The lowest BCUT2D eigenvalue weighted by atomic mass is 10.1. The summed E-state index contributed by atoms with van der Waals surface area (Å²) in [5, 5.41) is 8.77. The lowest BCUT2D eigenvalue weighted by Gasteiger charge is -2.05. The summed E-state index contributed by atoms with van der Waals surface area (Å²) in [5.41, 5.74) is 1.52. The molecule has 0 aliphatic heterocycles. The van der Waals surface area contributed by atoms with Gasteiger partial charge in [0.25, 0.3) is 0 Å². The van der Waals surface area contributed by atoms with Crippen molar-refractivity contribution in [2.45, 2.75) is 110 Å². The minimum absolute atomic E-state index is 0.357. The fourth-order valence-corrected chi connectivity index (χ4v) is 3.50. The molecule has 0 fully saturated rings. The number of aliphatic hydroxyl groups excluding tert-OH is 1. The van der Waals surface area contributed by atoms with Crippen LogP contribution in [0.25, 0.3) is 0 Å². The minimum atomic E-state index is 0.357. The van der Waals surface area contributed by atoms with Crippen LogP contribution in [0, 0.1) is 0 Å². The lowest BCUT2D eigenvalue weighted by Crippen LogP contribution is -2.37. The number of unbranched alkanes of at least 4 members (excludes halogenated alkanes) is 12. The standard InChI is InChI=1S/C23H42NO/c1-2-3-4-5-10-13-18-23-19-14-16-21-24(23)20-15-11-8-6-7-9-12-17-22-25/h14,16,19,21,25H,2-13,15,17-18,20,22H2,1H3/q+1. The Morgan fingerprint density at radius 1 is 0.720 bits per heavy atom. The zero-order valence-electron chi connectivity index (χ0n) is 16.7. The zero-order chi connectivity index (χ0) is 18.0. The second-order valence-electron chi connectivity index (χ2n) is 7.46. The Morgan fingerprint density at radius 3 is 2.00 bits per heavy atom. The first-order chi connectivity index (χ1) is 12.4. The first kappa shape index (κ1) is 22.2. The summed E-state index contributed by atoms with van der Waals surface area (Å²) in [7, 11) is 0. The number of rotatable bonds is 17. The fourth-order valence-electron chi connectivity index (χ4n) is 3.50. The molecule has 0 radical (unpaired) electrons. The van der Waals surface area contributed by atoms with Gasteiger partial charge in [0.2, 0.25) is 0 Å². The largest absolute Gasteiger partial charge is 0.396 e. The fraction of sp³-hybridized carbons (Fsp3) is 0.783. The Balaban J connectivity index is 2.10. The molecule has 2 heteroatoms. The van der Waals surface area contributed by atoms with Gasteiger partial charge in [-0.05, 0) is 19.3 Å². The van der Waals surface area contributed by atoms with Gasteiger partial charge in [0, 0.05) is 31.6 Å². The molecule has 0 amide bonds. The van der Waals surface area contributed by atoms with E-state index in [0.29, 0.717) is 6.61 Å². The van der Waals surface area contributed by atoms with E-state index in [1.54, 1.807) is 0 Å². The third kappa shape index (κ3) is 12.2. The first-order valence-corrected chi connectivity index (χ1v) is 11.0. The number of aromatic nitrogens is 1. The van der Waals surface area contributed by atoms with E-state index in [2.05, 4.69) is 35.9 Å². The van der Waals surface area contributed by atoms with Crippen LogP contribution in [0.15, 0.2) is 24.4 Å². The smallest absolute Gasteiger partial charge is 0.181 e. The summed E-state index contributed by atoms with van der Waals surface area (Å²) in [6.07, 6.45) is 21.9. The van der Waals surface area contributed by atoms with Crippen molar-refractivity contribution in [2.24, 2.45) is 0 Å². The van der Waals surface area contributed by atoms with Crippen molar-refractivity contribution in [3.05, 3.63) is 30.1 Å². The molecule has 1 aromatic rings. The van der Waals surface area contributed by atoms with Crippen LogP contribution in [-0.2, 0) is 13.0 Å². The first-order valence-electron chi connectivity index (χ1n) is 11.0. The Labute approximate surface area is 156 Å². The van der Waals surface area contributed by atoms with Gasteiger partial charge in [0.15, 0.2) is 11.9 Å². The molecular weight excluding hydrogens is 306 g/mol. The van der Waals surface area contributed by atoms with Gasteiger partial charge in [-0.2, -0.15) is 0 Å². The molecule has 0 atom stereocenters. The number of hydrogen-bond acceptors (Lipinski definition) is 1. The molecule has 1 aromatic heterocycles. The highest BCUT2D eigenvalue weighted by atomic mass is 16.2. The van der Waals surface area contributed by atoms with Crippen LogP contribution in [-0.4, -0.2) is 11.7 Å². The molecule has 0 aliphatic rings. The van der Waals surface area contributed by atoms with Gasteiger partial charge in [-0.15, -0.1) is 0 Å². The van der Waals surface area contributed by atoms with Crippen LogP contribution < -0.4 is 4.57 Å². The molecule has 1 heterocycles. The Kier molecular flexibility index (Phi) is 14.7. The normalized spacial score (nSPS) is 11.1. The third-order valence-electron chi connectivity index (χ3n) is 5.13. The highest BCUT2D eigenvalue weighted by molar-refractivity contribution is 4.97. The van der Waals surface area contributed by atoms with Crippen LogP contribution in [0.1, 0.15) is 103 Å². The molecule has 0 bridgehead atoms. The van der Waals surface area contributed by atoms with Gasteiger partial charge in [0.1, 0.15) is 6.54 Å². The van der Waals surface area contributed by atoms with Gasteiger partial charge in [-0.1, -0.05) is 77.2 Å². The van der Waals surface area contributed by atoms with Crippen molar-refractivity contribution in [2.75, 3.05) is 6.61 Å². The van der Waals surface area contributed by atoms with E-state index >= 15 is 0 Å². The van der Waals surface area contributed by atoms with E-state index in [-0.39, 0.29) is 0 Å². The van der Waals surface area contributed by atoms with Gasteiger partial charge in [0.05, 0.1) is 0 Å². The van der Waals surface area contributed by atoms with Crippen molar-refractivity contribution >= 4 is 0 Å². The second-order valence-corrected chi connectivity index (χ2v) is 7.46. The quantitative estimate of drug-likeness (QED) is 0.271. The van der Waals surface area contributed by atoms with E-state index < -0.39 is 0 Å². The van der Waals surface area contributed by atoms with Gasteiger partial charge < -0.3 is 5.11 Å². The summed E-state index contributed by atoms with van der Waals surface area (Å²) in [6, 6.07) is 6.68. The van der Waals surface area contributed by atoms with Crippen molar-refractivity contribution in [1.29, 1.82) is 0 Å². The van der Waals surface area contributed by atoms with Crippen molar-refractivity contribution in [3.63, 3.8) is 0 Å². The molecule has 1 N–H and O–H groups in total. The molecule has 0 aromatic carbocycles. The minimum Gasteiger partial charge on any atom is -0.396 e. The molecule has 0 aliphatic carbocycles. The Hall–Kier alpha value is -0.890. The molecule has 1 rings (SSSR count). The zero-order valence-corrected chi connectivity index (χ0v) is 16.7. The van der Waals surface area contributed by atoms with Crippen LogP contribution >= 0.6 is 0 Å². The average Bonchev–Trinajstić information content (AvgIpc) is 2.64. The van der Waals surface area contributed by atoms with Crippen molar-refractivity contribution in [3.8, 4) is 0 Å². The number of aliphatic hydroxyl groups is 1. The monoisotopic (exact) mass is 348 g/mol. The summed E-state index contributed by atoms with van der Waals surface area (Å²) >= 11 is 0. The Bertz CT molecular complexity index is 405. The maximum absolute atomic E-state index is 8.77. The summed E-state index contributed by atoms with van der Waals surface area (Å²) < 4.78 is 2.48. The van der Waals surface area contributed by atoms with Crippen LogP contribution in [0.2, 0.25) is 0 Å². The summed E-state index contributed by atoms with van der Waals surface area (Å²) in [5.74, 6) is 0. The predicted molar refractivity (Wildman–Crippen MR) is 108 cm³/mol. The summed E-state index contributed by atoms with van der Waals surface area (Å²) in [6.45, 7) is 3.82. The van der Waals surface area contributed by atoms with Crippen molar-refractivity contribution in [1.82, 2.24) is 0 Å². The van der Waals surface area contributed by atoms with E-state index in [0.717, 1.165) is 6.42 Å². The lowest BCUT2D eigenvalue weighted by molar-refractivity contribution is -0.704. The van der Waals surface area contributed by atoms with Gasteiger partial charge in [-0.25, -0.2) is 4.57 Å². The predicted octanol–water partition coefficient (Wildman–Crippen LogP) is 5.99. The van der Waals surface area contributed by atoms with Gasteiger partial charge >= 0.3 is 0 Å². The highest BCUT2D eigenvalue weighted by Gasteiger charge is 2.08. The van der Waals surface area contributed by atoms with E-state index in [4.69, 9.17) is 5.11 Å². The van der Waals surface area contributed by atoms with E-state index in [1.165, 1.54) is 102 Å². The van der Waals surface area contributed by atoms with Crippen LogP contribution in [0.4, 0.5) is 0 Å². The third-order valence-corrected chi connectivity index (χ3v) is 5.13. The molecule has 0 spiro atoms. The topological polar surface area (TPSA) is 24.1 Å². The SMILES string of the molecule is CCCCCCCCc1cccc[n+]1CCCCCCCCCCO. The van der Waals surface area contributed by atoms with E-state index in [1.807, 2.05) is 0 Å². The van der Waals surface area contributed by atoms with Crippen LogP contribution in [0.3, 0.4) is 0 Å². The van der Waals surface area contributed by atoms with Crippen molar-refractivity contribution < 1.29 is 9.67 Å². The molecule has 144 valence electrons. The maximum Gasteiger partial charge on any atom is 0.181 e. The number of nitrogens with zero attached hydrogens (tertiary/aromatic N) is 1.